The number of phenols is 1. The summed E-state index contributed by atoms with van der Waals surface area (Å²) in [5.41, 5.74) is 0.439. The van der Waals surface area contributed by atoms with Crippen LogP contribution in [0.1, 0.15) is 49.2 Å². The Morgan fingerprint density at radius 2 is 1.94 bits per heavy atom. The Hall–Kier alpha value is -3.26. The number of aromatic hydroxyl groups is 1. The molecule has 0 saturated carbocycles. The van der Waals surface area contributed by atoms with Crippen LogP contribution in [0.15, 0.2) is 36.4 Å². The van der Waals surface area contributed by atoms with Gasteiger partial charge in [-0.05, 0) is 68.7 Å². The molecular formula is C26H27F3N2O3. The van der Waals surface area contributed by atoms with Gasteiger partial charge in [-0.25, -0.2) is 18.0 Å². The molecule has 3 aromatic rings. The molecule has 8 heteroatoms. The van der Waals surface area contributed by atoms with Crippen LogP contribution in [-0.2, 0) is 16.0 Å². The summed E-state index contributed by atoms with van der Waals surface area (Å²) in [6.07, 6.45) is 2.90. The van der Waals surface area contributed by atoms with Crippen LogP contribution in [0.3, 0.4) is 0 Å². The lowest BCUT2D eigenvalue weighted by Crippen LogP contribution is -2.48. The third kappa shape index (κ3) is 4.55. The highest BCUT2D eigenvalue weighted by molar-refractivity contribution is 5.87. The summed E-state index contributed by atoms with van der Waals surface area (Å²) >= 11 is 0. The highest BCUT2D eigenvalue weighted by Crippen LogP contribution is 2.43. The topological polar surface area (TPSA) is 65.6 Å². The van der Waals surface area contributed by atoms with E-state index in [1.165, 1.54) is 27.0 Å². The molecule has 0 radical (unpaired) electrons. The Morgan fingerprint density at radius 1 is 1.26 bits per heavy atom. The molecule has 180 valence electrons. The smallest absolute Gasteiger partial charge is 0.330 e. The Labute approximate surface area is 195 Å². The zero-order valence-electron chi connectivity index (χ0n) is 19.5. The standard InChI is InChI=1S/C26H27F3N2O3/c1-14-9-18-17-7-6-16(32)12-21(17)30-24(18)25(31(14)13-26(2,3)29)23-19(27)10-15(11-20(23)28)5-8-22(33)34-4/h5-8,10-12,14,25,30,32H,9,13H2,1-4H3/b8-5+/t14-,25-/m1/s1. The molecule has 5 nitrogen and oxygen atoms in total. The average molecular weight is 473 g/mol. The average Bonchev–Trinajstić information content (AvgIpc) is 3.09. The van der Waals surface area contributed by atoms with Gasteiger partial charge in [-0.15, -0.1) is 0 Å². The monoisotopic (exact) mass is 472 g/mol. The minimum absolute atomic E-state index is 0.0399. The number of aromatic nitrogens is 1. The van der Waals surface area contributed by atoms with Crippen molar-refractivity contribution < 1.29 is 27.8 Å². The minimum Gasteiger partial charge on any atom is -0.508 e. The third-order valence-electron chi connectivity index (χ3n) is 6.14. The highest BCUT2D eigenvalue weighted by atomic mass is 19.1. The molecule has 2 heterocycles. The number of benzene rings is 2. The molecule has 1 aliphatic heterocycles. The van der Waals surface area contributed by atoms with Crippen LogP contribution in [0, 0.1) is 11.6 Å². The van der Waals surface area contributed by atoms with Crippen LogP contribution in [0.25, 0.3) is 17.0 Å². The van der Waals surface area contributed by atoms with Crippen LogP contribution >= 0.6 is 0 Å². The lowest BCUT2D eigenvalue weighted by Gasteiger charge is -2.43. The van der Waals surface area contributed by atoms with Gasteiger partial charge in [0.25, 0.3) is 0 Å². The van der Waals surface area contributed by atoms with E-state index < -0.39 is 29.3 Å². The van der Waals surface area contributed by atoms with Crippen LogP contribution in [0.5, 0.6) is 5.75 Å². The molecule has 2 aromatic carbocycles. The quantitative estimate of drug-likeness (QED) is 0.384. The number of fused-ring (bicyclic) bond motifs is 3. The number of halogens is 3. The predicted octanol–water partition coefficient (Wildman–Crippen LogP) is 5.42. The van der Waals surface area contributed by atoms with E-state index in [4.69, 9.17) is 0 Å². The lowest BCUT2D eigenvalue weighted by molar-refractivity contribution is -0.134. The molecule has 0 fully saturated rings. The number of carbonyl (C=O) groups is 1. The number of esters is 1. The summed E-state index contributed by atoms with van der Waals surface area (Å²) in [7, 11) is 1.21. The second-order valence-corrected chi connectivity index (χ2v) is 9.35. The molecule has 0 aliphatic carbocycles. The normalized spacial score (nSPS) is 19.0. The number of nitrogens with one attached hydrogen (secondary N) is 1. The van der Waals surface area contributed by atoms with E-state index in [1.54, 1.807) is 23.1 Å². The van der Waals surface area contributed by atoms with Crippen molar-refractivity contribution in [2.24, 2.45) is 0 Å². The third-order valence-corrected chi connectivity index (χ3v) is 6.14. The highest BCUT2D eigenvalue weighted by Gasteiger charge is 2.40. The van der Waals surface area contributed by atoms with Gasteiger partial charge in [-0.2, -0.15) is 0 Å². The molecule has 2 N–H and O–H groups in total. The van der Waals surface area contributed by atoms with E-state index in [2.05, 4.69) is 9.72 Å². The Kier molecular flexibility index (Phi) is 6.20. The van der Waals surface area contributed by atoms with Crippen molar-refractivity contribution >= 4 is 22.9 Å². The van der Waals surface area contributed by atoms with Crippen molar-refractivity contribution in [3.05, 3.63) is 70.4 Å². The molecule has 2 atom stereocenters. The maximum absolute atomic E-state index is 15.5. The van der Waals surface area contributed by atoms with Gasteiger partial charge in [0, 0.05) is 46.9 Å². The van der Waals surface area contributed by atoms with Crippen molar-refractivity contribution in [3.63, 3.8) is 0 Å². The number of carbonyl (C=O) groups excluding carboxylic acids is 1. The first-order chi connectivity index (χ1) is 16.0. The molecule has 1 aliphatic rings. The molecule has 1 aromatic heterocycles. The van der Waals surface area contributed by atoms with E-state index in [0.29, 0.717) is 17.6 Å². The number of rotatable bonds is 5. The van der Waals surface area contributed by atoms with Gasteiger partial charge in [-0.1, -0.05) is 0 Å². The van der Waals surface area contributed by atoms with Crippen molar-refractivity contribution in [2.45, 2.75) is 44.9 Å². The SMILES string of the molecule is COC(=O)/C=C/c1cc(F)c([C@@H]2c3[nH]c4cc(O)ccc4c3C[C@@H](C)N2CC(C)(C)F)c(F)c1. The number of alkyl halides is 1. The summed E-state index contributed by atoms with van der Waals surface area (Å²) < 4.78 is 50.3. The first kappa shape index (κ1) is 23.9. The summed E-state index contributed by atoms with van der Waals surface area (Å²) in [4.78, 5) is 16.4. The number of ether oxygens (including phenoxy) is 1. The Morgan fingerprint density at radius 3 is 2.56 bits per heavy atom. The number of H-pyrrole nitrogens is 1. The first-order valence-electron chi connectivity index (χ1n) is 11.0. The van der Waals surface area contributed by atoms with E-state index in [0.717, 1.165) is 29.2 Å². The van der Waals surface area contributed by atoms with Gasteiger partial charge < -0.3 is 14.8 Å². The Bertz CT molecular complexity index is 1250. The molecular weight excluding hydrogens is 445 g/mol. The summed E-state index contributed by atoms with van der Waals surface area (Å²) in [6, 6.07) is 6.06. The van der Waals surface area contributed by atoms with E-state index >= 15 is 8.78 Å². The molecule has 0 spiro atoms. The molecule has 0 amide bonds. The molecule has 0 saturated heterocycles. The summed E-state index contributed by atoms with van der Waals surface area (Å²) in [5, 5.41) is 10.8. The zero-order valence-corrected chi connectivity index (χ0v) is 19.5. The molecule has 0 bridgehead atoms. The van der Waals surface area contributed by atoms with Crippen LogP contribution < -0.4 is 0 Å². The van der Waals surface area contributed by atoms with Crippen molar-refractivity contribution in [1.82, 2.24) is 9.88 Å². The summed E-state index contributed by atoms with van der Waals surface area (Å²) in [5.74, 6) is -2.19. The number of aromatic amines is 1. The van der Waals surface area contributed by atoms with Crippen molar-refractivity contribution in [2.75, 3.05) is 13.7 Å². The van der Waals surface area contributed by atoms with Crippen LogP contribution in [0.4, 0.5) is 13.2 Å². The molecule has 0 unspecified atom stereocenters. The van der Waals surface area contributed by atoms with Gasteiger partial charge in [-0.3, -0.25) is 4.90 Å². The van der Waals surface area contributed by atoms with Gasteiger partial charge >= 0.3 is 5.97 Å². The fourth-order valence-corrected chi connectivity index (χ4v) is 4.74. The van der Waals surface area contributed by atoms with E-state index in [-0.39, 0.29) is 29.5 Å². The maximum Gasteiger partial charge on any atom is 0.330 e. The molecule has 34 heavy (non-hydrogen) atoms. The molecule has 4 rings (SSSR count). The van der Waals surface area contributed by atoms with Crippen molar-refractivity contribution in [1.29, 1.82) is 0 Å². The summed E-state index contributed by atoms with van der Waals surface area (Å²) in [6.45, 7) is 4.73. The minimum atomic E-state index is -1.61. The second kappa shape index (κ2) is 8.83. The predicted molar refractivity (Wildman–Crippen MR) is 124 cm³/mol. The van der Waals surface area contributed by atoms with Gasteiger partial charge in [0.05, 0.1) is 13.2 Å². The number of hydrogen-bond donors (Lipinski definition) is 2. The second-order valence-electron chi connectivity index (χ2n) is 9.35. The van der Waals surface area contributed by atoms with Crippen molar-refractivity contribution in [3.8, 4) is 5.75 Å². The first-order valence-corrected chi connectivity index (χ1v) is 11.0. The number of hydrogen-bond acceptors (Lipinski definition) is 4. The van der Waals surface area contributed by atoms with E-state index in [9.17, 15) is 14.3 Å². The fourth-order valence-electron chi connectivity index (χ4n) is 4.74. The van der Waals surface area contributed by atoms with Gasteiger partial charge in [0.15, 0.2) is 0 Å². The largest absolute Gasteiger partial charge is 0.508 e. The lowest BCUT2D eigenvalue weighted by atomic mass is 9.87. The number of methoxy groups -OCH3 is 1. The zero-order chi connectivity index (χ0) is 24.8. The van der Waals surface area contributed by atoms with Gasteiger partial charge in [0.1, 0.15) is 23.1 Å². The Balaban J connectivity index is 1.90. The van der Waals surface area contributed by atoms with Gasteiger partial charge in [0.2, 0.25) is 0 Å². The number of phenolic OH excluding ortho intramolecular Hbond substituents is 1. The fraction of sp³-hybridized carbons (Fsp3) is 0.346. The van der Waals surface area contributed by atoms with Crippen LogP contribution in [0.2, 0.25) is 0 Å². The van der Waals surface area contributed by atoms with E-state index in [1.807, 2.05) is 6.92 Å². The van der Waals surface area contributed by atoms with Crippen LogP contribution in [-0.4, -0.2) is 46.3 Å². The maximum atomic E-state index is 15.5. The number of nitrogens with zero attached hydrogens (tertiary/aromatic N) is 1.